The summed E-state index contributed by atoms with van der Waals surface area (Å²) >= 11 is 1.25. The summed E-state index contributed by atoms with van der Waals surface area (Å²) in [6.07, 6.45) is 0.242. The molecule has 4 aromatic rings. The Morgan fingerprint density at radius 2 is 1.20 bits per heavy atom. The fraction of sp³-hybridized carbons (Fsp3) is 0.548. The van der Waals surface area contributed by atoms with Gasteiger partial charge in [0.15, 0.2) is 6.73 Å². The number of esters is 1. The predicted octanol–water partition coefficient (Wildman–Crippen LogP) is 2.79. The van der Waals surface area contributed by atoms with Gasteiger partial charge in [0, 0.05) is 99.5 Å². The molecule has 1 aromatic heterocycles. The molecular formula is C84H120N16O24S3. The average molecular weight is 1830 g/mol. The number of carboxylic acid groups (broad SMARTS) is 4. The zero-order chi connectivity index (χ0) is 93.7. The number of likely N-dealkylation sites (N-methyl/N-ethyl adjacent to an activating group) is 1. The fourth-order valence-corrected chi connectivity index (χ4v) is 15.8. The van der Waals surface area contributed by atoms with Crippen LogP contribution in [0.5, 0.6) is 5.75 Å². The third kappa shape index (κ3) is 39.8. The summed E-state index contributed by atoms with van der Waals surface area (Å²) in [7, 11) is 4.39. The van der Waals surface area contributed by atoms with Crippen molar-refractivity contribution in [2.75, 3.05) is 58.1 Å². The van der Waals surface area contributed by atoms with E-state index in [2.05, 4.69) is 58.4 Å². The van der Waals surface area contributed by atoms with Gasteiger partial charge < -0.3 is 98.8 Å². The number of urea groups is 1. The summed E-state index contributed by atoms with van der Waals surface area (Å²) in [5, 5.41) is 74.9. The summed E-state index contributed by atoms with van der Waals surface area (Å²) in [4.78, 5) is 230. The Morgan fingerprint density at radius 3 is 1.80 bits per heavy atom. The lowest BCUT2D eigenvalue weighted by Crippen LogP contribution is -2.59. The molecule has 2 heterocycles. The van der Waals surface area contributed by atoms with Crippen molar-refractivity contribution in [3.63, 3.8) is 0 Å². The van der Waals surface area contributed by atoms with Crippen LogP contribution in [0.2, 0.25) is 0 Å². The standard InChI is InChI=1S/C84H120N16O24S3/c1-8-18-71(108)124-48-100(80(116)72(50(5)9-2)96-79(115)65-23-16-17-37-99(65)7)64(49(3)4)30-32-68-91-63(47-125-68)78(114)89-55(42-54-24-26-56(101)27-25-54)41-51(6)73(109)97-98-84(122)123-38-40-127-126-39-36-87-75(111)62(45-70(106)107)92-74(110)57(85)46-88-76(112)60(43-52-19-12-10-13-20-52)93-77(113)61(44-53-21-14-11-15-22-53)90-67(103)34-35-86-66(102)31-28-58(81(117)118)94-83(121)95-59(82(119)120)29-33-69(104)105/h10-15,19-22,24-27,47,49-51,55,57-62,64-65,72,101H,8-9,16-18,23,28-46,48,85H2,1-7H3,(H,86,102)(H,87,111)(H,88,112)(H,89,114)(H,90,103)(H,92,110)(H,93,113)(H,96,115)(H,97,109)(H,98,122)(H,104,105)(H,106,107)(H,117,118)(H,119,120)(H2,94,95,121)/t50?,51-,55+,57-,58?,59-,60-,61-,62-,64+,65+,72-/m0/s1. The van der Waals surface area contributed by atoms with Gasteiger partial charge in [-0.15, -0.1) is 11.3 Å². The molecule has 1 fully saturated rings. The number of nitrogens with two attached hydrogens (primary N) is 1. The Hall–Kier alpha value is -11.7. The topological polar surface area (TPSA) is 600 Å². The van der Waals surface area contributed by atoms with Gasteiger partial charge in [-0.25, -0.2) is 29.6 Å². The molecule has 698 valence electrons. The Bertz CT molecular complexity index is 4310. The zero-order valence-corrected chi connectivity index (χ0v) is 74.6. The molecule has 19 N–H and O–H groups in total. The molecule has 1 saturated heterocycles. The van der Waals surface area contributed by atoms with E-state index in [1.165, 1.54) is 45.1 Å². The van der Waals surface area contributed by atoms with E-state index in [1.54, 1.807) is 90.0 Å². The number of hydrogen-bond acceptors (Lipinski definition) is 26. The molecule has 0 saturated carbocycles. The quantitative estimate of drug-likeness (QED) is 0.00993. The van der Waals surface area contributed by atoms with Crippen molar-refractivity contribution < 1.29 is 117 Å². The van der Waals surface area contributed by atoms with E-state index in [0.29, 0.717) is 48.2 Å². The molecule has 0 aliphatic carbocycles. The number of carbonyl (C=O) groups is 17. The summed E-state index contributed by atoms with van der Waals surface area (Å²) < 4.78 is 10.9. The highest BCUT2D eigenvalue weighted by Gasteiger charge is 2.39. The van der Waals surface area contributed by atoms with E-state index in [4.69, 9.17) is 20.3 Å². The van der Waals surface area contributed by atoms with Crippen LogP contribution < -0.4 is 69.8 Å². The number of rotatable bonds is 56. The van der Waals surface area contributed by atoms with Gasteiger partial charge in [-0.1, -0.05) is 149 Å². The number of nitrogens with one attached hydrogen (secondary N) is 12. The van der Waals surface area contributed by atoms with Gasteiger partial charge in [0.25, 0.3) is 5.91 Å². The summed E-state index contributed by atoms with van der Waals surface area (Å²) in [6.45, 7) is 10.6. The minimum atomic E-state index is -1.69. The highest BCUT2D eigenvalue weighted by molar-refractivity contribution is 8.76. The molecule has 0 spiro atoms. The number of aliphatic carboxylic acids is 4. The summed E-state index contributed by atoms with van der Waals surface area (Å²) in [5.74, 6) is -13.9. The SMILES string of the molecule is CCCC(=O)OCN(C(=O)[C@@H](NC(=O)[C@H]1CCCCN1C)C(C)CC)[C@H](CCc1nc(C(=O)N[C@@H](Cc2ccc(O)cc2)C[C@H](C)C(=O)NNC(=O)OCCSSCCNC(=O)[C@H](CC(=O)O)NC(=O)[C@@H](N)CNC(=O)[C@H](Cc2ccccc2)NC(=O)[C@H](Cc2ccccc2)NC(=O)CCNC(=O)CCC(NC(=O)N[C@@H](CCC(=O)O)C(=O)O)C(=O)O)cs1)C(C)C. The minimum Gasteiger partial charge on any atom is -0.508 e. The molecule has 1 aliphatic heterocycles. The number of phenolic OH excluding ortho intramolecular Hbond substituents is 1. The second-order valence-electron chi connectivity index (χ2n) is 30.9. The highest BCUT2D eigenvalue weighted by atomic mass is 33.1. The number of phenols is 1. The summed E-state index contributed by atoms with van der Waals surface area (Å²) in [5.41, 5.74) is 12.7. The van der Waals surface area contributed by atoms with Gasteiger partial charge in [-0.2, -0.15) is 0 Å². The number of carboxylic acids is 4. The maximum atomic E-state index is 14.8. The van der Waals surface area contributed by atoms with Crippen LogP contribution in [0, 0.1) is 17.8 Å². The fourth-order valence-electron chi connectivity index (χ4n) is 13.3. The smallest absolute Gasteiger partial charge is 0.426 e. The Morgan fingerprint density at radius 1 is 0.598 bits per heavy atom. The van der Waals surface area contributed by atoms with Crippen LogP contribution in [0.15, 0.2) is 90.3 Å². The van der Waals surface area contributed by atoms with Gasteiger partial charge in [0.05, 0.1) is 17.5 Å². The zero-order valence-electron chi connectivity index (χ0n) is 72.2. The van der Waals surface area contributed by atoms with Crippen molar-refractivity contribution in [1.29, 1.82) is 0 Å². The molecule has 40 nitrogen and oxygen atoms in total. The van der Waals surface area contributed by atoms with E-state index in [-0.39, 0.29) is 111 Å². The molecule has 5 rings (SSSR count). The molecule has 2 unspecified atom stereocenters. The molecule has 13 amide bonds. The number of aromatic hydroxyl groups is 1. The largest absolute Gasteiger partial charge is 0.508 e. The molecule has 43 heteroatoms. The second kappa shape index (κ2) is 56.4. The molecule has 0 bridgehead atoms. The van der Waals surface area contributed by atoms with Crippen LogP contribution in [0.1, 0.15) is 164 Å². The number of amides is 13. The van der Waals surface area contributed by atoms with Gasteiger partial charge >= 0.3 is 42.0 Å². The van der Waals surface area contributed by atoms with Crippen LogP contribution in [-0.2, 0) is 102 Å². The van der Waals surface area contributed by atoms with Crippen molar-refractivity contribution in [2.24, 2.45) is 23.5 Å². The number of hydrazine groups is 1. The van der Waals surface area contributed by atoms with Crippen molar-refractivity contribution in [3.8, 4) is 5.75 Å². The van der Waals surface area contributed by atoms with Gasteiger partial charge in [0.2, 0.25) is 53.2 Å². The number of likely N-dealkylation sites (tertiary alicyclic amines) is 1. The van der Waals surface area contributed by atoms with E-state index in [1.807, 2.05) is 57.2 Å². The first kappa shape index (κ1) is 106. The number of ether oxygens (including phenoxy) is 2. The van der Waals surface area contributed by atoms with Crippen molar-refractivity contribution in [1.82, 2.24) is 78.8 Å². The first-order chi connectivity index (χ1) is 60.4. The van der Waals surface area contributed by atoms with Crippen molar-refractivity contribution in [2.45, 2.75) is 218 Å². The molecular weight excluding hydrogens is 1710 g/mol. The average Bonchev–Trinajstić information content (AvgIpc) is 1.39. The number of benzene rings is 3. The first-order valence-electron chi connectivity index (χ1n) is 41.9. The lowest BCUT2D eigenvalue weighted by molar-refractivity contribution is -0.159. The van der Waals surface area contributed by atoms with E-state index < -0.39 is 195 Å². The number of aryl methyl sites for hydroxylation is 1. The van der Waals surface area contributed by atoms with Gasteiger partial charge in [0.1, 0.15) is 60.3 Å². The highest BCUT2D eigenvalue weighted by Crippen LogP contribution is 2.26. The Balaban J connectivity index is 1.07. The number of carbonyl (C=O) groups excluding carboxylic acids is 13. The molecule has 127 heavy (non-hydrogen) atoms. The van der Waals surface area contributed by atoms with Crippen LogP contribution >= 0.6 is 32.9 Å². The lowest BCUT2D eigenvalue weighted by atomic mass is 9.93. The van der Waals surface area contributed by atoms with E-state index >= 15 is 0 Å². The van der Waals surface area contributed by atoms with Crippen LogP contribution in [0.25, 0.3) is 0 Å². The molecule has 12 atom stereocenters. The van der Waals surface area contributed by atoms with Gasteiger partial charge in [-0.05, 0) is 106 Å². The minimum absolute atomic E-state index is 0.0194. The monoisotopic (exact) mass is 1830 g/mol. The number of hydrogen-bond donors (Lipinski definition) is 18. The van der Waals surface area contributed by atoms with Crippen molar-refractivity contribution in [3.05, 3.63) is 118 Å². The number of nitrogens with zero attached hydrogens (tertiary/aromatic N) is 3. The molecule has 3 aromatic carbocycles. The van der Waals surface area contributed by atoms with Crippen molar-refractivity contribution >= 4 is 134 Å². The van der Waals surface area contributed by atoms with Crippen LogP contribution in [0.3, 0.4) is 0 Å². The lowest BCUT2D eigenvalue weighted by Gasteiger charge is -2.39. The number of piperidine rings is 1. The third-order valence-electron chi connectivity index (χ3n) is 20.5. The van der Waals surface area contributed by atoms with E-state index in [0.717, 1.165) is 24.9 Å². The third-order valence-corrected chi connectivity index (χ3v) is 23.8. The predicted molar refractivity (Wildman–Crippen MR) is 468 cm³/mol. The Kier molecular flexibility index (Phi) is 47.0. The molecule has 1 aliphatic rings. The first-order valence-corrected chi connectivity index (χ1v) is 45.3. The molecule has 0 radical (unpaired) electrons. The number of aromatic nitrogens is 1. The normalized spacial score (nSPS) is 15.1. The van der Waals surface area contributed by atoms with Crippen LogP contribution in [0.4, 0.5) is 9.59 Å². The maximum absolute atomic E-state index is 14.8. The van der Waals surface area contributed by atoms with E-state index in [9.17, 15) is 102 Å². The maximum Gasteiger partial charge on any atom is 0.426 e. The Labute approximate surface area is 747 Å². The summed E-state index contributed by atoms with van der Waals surface area (Å²) in [6, 6.07) is 10.2. The van der Waals surface area contributed by atoms with Gasteiger partial charge in [-0.3, -0.25) is 72.7 Å². The number of thiazole rings is 1. The van der Waals surface area contributed by atoms with Crippen LogP contribution in [-0.4, -0.2) is 260 Å². The second-order valence-corrected chi connectivity index (χ2v) is 34.6.